The maximum absolute atomic E-state index is 13.1. The van der Waals surface area contributed by atoms with Gasteiger partial charge < -0.3 is 24.2 Å². The quantitative estimate of drug-likeness (QED) is 0.394. The number of piperazine rings is 1. The van der Waals surface area contributed by atoms with E-state index in [-0.39, 0.29) is 18.4 Å². The van der Waals surface area contributed by atoms with Gasteiger partial charge in [-0.15, -0.1) is 10.2 Å². The van der Waals surface area contributed by atoms with Crippen LogP contribution in [-0.2, 0) is 9.53 Å². The topological polar surface area (TPSA) is 88.1 Å². The van der Waals surface area contributed by atoms with E-state index in [1.54, 1.807) is 55.5 Å². The summed E-state index contributed by atoms with van der Waals surface area (Å²) in [5.41, 5.74) is 1.87. The van der Waals surface area contributed by atoms with E-state index in [1.165, 1.54) is 4.90 Å². The monoisotopic (exact) mass is 557 g/mol. The van der Waals surface area contributed by atoms with Gasteiger partial charge >= 0.3 is 0 Å². The van der Waals surface area contributed by atoms with Crippen LogP contribution in [0.15, 0.2) is 54.6 Å². The Morgan fingerprint density at radius 1 is 0.974 bits per heavy atom. The molecule has 1 saturated heterocycles. The average Bonchev–Trinajstić information content (AvgIpc) is 2.95. The molecule has 2 aromatic carbocycles. The van der Waals surface area contributed by atoms with Crippen LogP contribution >= 0.6 is 23.2 Å². The van der Waals surface area contributed by atoms with Crippen molar-refractivity contribution in [2.75, 3.05) is 65.0 Å². The molecule has 1 fully saturated rings. The van der Waals surface area contributed by atoms with E-state index in [1.807, 2.05) is 18.2 Å². The van der Waals surface area contributed by atoms with Crippen molar-refractivity contribution in [1.82, 2.24) is 20.0 Å². The second kappa shape index (κ2) is 12.9. The van der Waals surface area contributed by atoms with Crippen LogP contribution in [0.4, 0.5) is 5.82 Å². The molecule has 0 spiro atoms. The highest BCUT2D eigenvalue weighted by molar-refractivity contribution is 6.36. The van der Waals surface area contributed by atoms with Crippen LogP contribution in [0.5, 0.6) is 5.75 Å². The summed E-state index contributed by atoms with van der Waals surface area (Å²) in [6, 6.07) is 15.9. The van der Waals surface area contributed by atoms with Crippen molar-refractivity contribution in [1.29, 1.82) is 0 Å². The Kier molecular flexibility index (Phi) is 9.38. The Labute approximate surface area is 231 Å². The highest BCUT2D eigenvalue weighted by atomic mass is 35.5. The number of amides is 2. The number of anilines is 1. The predicted molar refractivity (Wildman–Crippen MR) is 147 cm³/mol. The first kappa shape index (κ1) is 27.6. The molecule has 0 saturated carbocycles. The van der Waals surface area contributed by atoms with Crippen LogP contribution in [0.3, 0.4) is 0 Å². The number of rotatable bonds is 9. The Morgan fingerprint density at radius 2 is 1.76 bits per heavy atom. The van der Waals surface area contributed by atoms with Gasteiger partial charge in [-0.05, 0) is 48.5 Å². The fourth-order valence-corrected chi connectivity index (χ4v) is 4.68. The molecule has 0 radical (unpaired) electrons. The summed E-state index contributed by atoms with van der Waals surface area (Å²) < 4.78 is 10.4. The largest absolute Gasteiger partial charge is 0.497 e. The molecule has 1 aromatic heterocycles. The minimum absolute atomic E-state index is 0.0320. The first-order chi connectivity index (χ1) is 18.4. The molecule has 11 heteroatoms. The zero-order valence-corrected chi connectivity index (χ0v) is 22.8. The number of benzene rings is 2. The summed E-state index contributed by atoms with van der Waals surface area (Å²) >= 11 is 12.3. The van der Waals surface area contributed by atoms with Crippen molar-refractivity contribution < 1.29 is 19.1 Å². The van der Waals surface area contributed by atoms with Crippen LogP contribution in [0.25, 0.3) is 11.3 Å². The highest BCUT2D eigenvalue weighted by Crippen LogP contribution is 2.29. The third kappa shape index (κ3) is 6.72. The van der Waals surface area contributed by atoms with Gasteiger partial charge in [0.15, 0.2) is 5.82 Å². The first-order valence-electron chi connectivity index (χ1n) is 12.1. The van der Waals surface area contributed by atoms with E-state index in [0.717, 1.165) is 11.4 Å². The Bertz CT molecular complexity index is 1270. The minimum atomic E-state index is -0.246. The lowest BCUT2D eigenvalue weighted by molar-refractivity contribution is -0.132. The molecular formula is C27H29Cl2N5O4. The van der Waals surface area contributed by atoms with Crippen LogP contribution in [-0.4, -0.2) is 91.9 Å². The summed E-state index contributed by atoms with van der Waals surface area (Å²) in [5, 5.41) is 9.77. The van der Waals surface area contributed by atoms with Crippen LogP contribution in [0.1, 0.15) is 10.4 Å². The lowest BCUT2D eigenvalue weighted by atomic mass is 10.1. The molecule has 0 unspecified atom stereocenters. The number of aromatic nitrogens is 2. The summed E-state index contributed by atoms with van der Waals surface area (Å²) in [5.74, 6) is 0.943. The van der Waals surface area contributed by atoms with E-state index in [4.69, 9.17) is 32.7 Å². The van der Waals surface area contributed by atoms with E-state index >= 15 is 0 Å². The molecular weight excluding hydrogens is 529 g/mol. The van der Waals surface area contributed by atoms with E-state index in [0.29, 0.717) is 66.4 Å². The number of carbonyl (C=O) groups excluding carboxylic acids is 2. The molecule has 1 aliphatic rings. The number of methoxy groups -OCH3 is 2. The smallest absolute Gasteiger partial charge is 0.254 e. The van der Waals surface area contributed by atoms with Gasteiger partial charge in [0.05, 0.1) is 24.4 Å². The van der Waals surface area contributed by atoms with Gasteiger partial charge in [0.2, 0.25) is 5.91 Å². The SMILES string of the molecule is COCCN(CC(=O)N1CCN(c2ccc(-c3ccc(Cl)cc3Cl)nn2)CC1)C(=O)c1cccc(OC)c1. The minimum Gasteiger partial charge on any atom is -0.497 e. The zero-order valence-electron chi connectivity index (χ0n) is 21.3. The van der Waals surface area contributed by atoms with Crippen LogP contribution in [0, 0.1) is 0 Å². The van der Waals surface area contributed by atoms with Crippen molar-refractivity contribution >= 4 is 40.8 Å². The van der Waals surface area contributed by atoms with Crippen LogP contribution < -0.4 is 9.64 Å². The maximum Gasteiger partial charge on any atom is 0.254 e. The van der Waals surface area contributed by atoms with Gasteiger partial charge in [-0.2, -0.15) is 0 Å². The number of nitrogens with zero attached hydrogens (tertiary/aromatic N) is 5. The van der Waals surface area contributed by atoms with Crippen molar-refractivity contribution in [2.24, 2.45) is 0 Å². The van der Waals surface area contributed by atoms with E-state index in [2.05, 4.69) is 15.1 Å². The van der Waals surface area contributed by atoms with E-state index < -0.39 is 0 Å². The van der Waals surface area contributed by atoms with Crippen molar-refractivity contribution in [3.8, 4) is 17.0 Å². The second-order valence-electron chi connectivity index (χ2n) is 8.72. The summed E-state index contributed by atoms with van der Waals surface area (Å²) in [6.07, 6.45) is 0. The lowest BCUT2D eigenvalue weighted by Crippen LogP contribution is -2.52. The molecule has 0 N–H and O–H groups in total. The molecule has 0 bridgehead atoms. The summed E-state index contributed by atoms with van der Waals surface area (Å²) in [7, 11) is 3.11. The average molecular weight is 558 g/mol. The molecule has 200 valence electrons. The lowest BCUT2D eigenvalue weighted by Gasteiger charge is -2.36. The number of halogens is 2. The van der Waals surface area contributed by atoms with Crippen molar-refractivity contribution in [3.63, 3.8) is 0 Å². The molecule has 9 nitrogen and oxygen atoms in total. The fraction of sp³-hybridized carbons (Fsp3) is 0.333. The van der Waals surface area contributed by atoms with Gasteiger partial charge in [-0.1, -0.05) is 29.3 Å². The Morgan fingerprint density at radius 3 is 2.42 bits per heavy atom. The summed E-state index contributed by atoms with van der Waals surface area (Å²) in [6.45, 7) is 2.82. The maximum atomic E-state index is 13.1. The number of hydrogen-bond donors (Lipinski definition) is 0. The number of carbonyl (C=O) groups is 2. The summed E-state index contributed by atoms with van der Waals surface area (Å²) in [4.78, 5) is 31.6. The molecule has 2 amide bonds. The predicted octanol–water partition coefficient (Wildman–Crippen LogP) is 3.90. The van der Waals surface area contributed by atoms with Gasteiger partial charge in [-0.3, -0.25) is 9.59 Å². The Balaban J connectivity index is 1.36. The van der Waals surface area contributed by atoms with Crippen LogP contribution in [0.2, 0.25) is 10.0 Å². The van der Waals surface area contributed by atoms with Crippen molar-refractivity contribution in [3.05, 3.63) is 70.2 Å². The molecule has 3 aromatic rings. The second-order valence-corrected chi connectivity index (χ2v) is 9.56. The third-order valence-electron chi connectivity index (χ3n) is 6.31. The third-order valence-corrected chi connectivity index (χ3v) is 6.86. The Hall–Kier alpha value is -3.40. The molecule has 38 heavy (non-hydrogen) atoms. The molecule has 1 aliphatic heterocycles. The highest BCUT2D eigenvalue weighted by Gasteiger charge is 2.26. The van der Waals surface area contributed by atoms with Gasteiger partial charge in [0, 0.05) is 56.0 Å². The fourth-order valence-electron chi connectivity index (χ4n) is 4.18. The normalized spacial score (nSPS) is 13.4. The molecule has 4 rings (SSSR count). The number of hydrogen-bond acceptors (Lipinski definition) is 7. The molecule has 2 heterocycles. The molecule has 0 aliphatic carbocycles. The van der Waals surface area contributed by atoms with Gasteiger partial charge in [-0.25, -0.2) is 0 Å². The first-order valence-corrected chi connectivity index (χ1v) is 12.9. The standard InChI is InChI=1S/C27H29Cl2N5O4/c1-37-15-14-34(27(36)19-4-3-5-21(16-19)38-2)18-26(35)33-12-10-32(11-13-33)25-9-8-24(30-31-25)22-7-6-20(28)17-23(22)29/h3-9,16-17H,10-15,18H2,1-2H3. The molecule has 0 atom stereocenters. The van der Waals surface area contributed by atoms with E-state index in [9.17, 15) is 9.59 Å². The van der Waals surface area contributed by atoms with Gasteiger partial charge in [0.1, 0.15) is 12.3 Å². The number of ether oxygens (including phenoxy) is 2. The van der Waals surface area contributed by atoms with Crippen molar-refractivity contribution in [2.45, 2.75) is 0 Å². The zero-order chi connectivity index (χ0) is 27.1. The van der Waals surface area contributed by atoms with Gasteiger partial charge in [0.25, 0.3) is 5.91 Å².